The summed E-state index contributed by atoms with van der Waals surface area (Å²) in [5.41, 5.74) is 5.36. The Morgan fingerprint density at radius 2 is 1.79 bits per heavy atom. The number of nitriles is 1. The Kier molecular flexibility index (Phi) is 8.88. The van der Waals surface area contributed by atoms with E-state index in [2.05, 4.69) is 25.7 Å². The van der Waals surface area contributed by atoms with Crippen molar-refractivity contribution < 1.29 is 19.5 Å². The first-order valence-electron chi connectivity index (χ1n) is 12.7. The molecule has 13 heteroatoms. The molecule has 0 spiro atoms. The maximum absolute atomic E-state index is 12.1. The highest BCUT2D eigenvalue weighted by Crippen LogP contribution is 2.27. The van der Waals surface area contributed by atoms with Crippen LogP contribution in [-0.2, 0) is 14.4 Å². The summed E-state index contributed by atoms with van der Waals surface area (Å²) >= 11 is 0. The lowest BCUT2D eigenvalue weighted by atomic mass is 9.97. The van der Waals surface area contributed by atoms with Gasteiger partial charge in [0.25, 0.3) is 0 Å². The molecule has 2 aliphatic heterocycles. The predicted octanol–water partition coefficient (Wildman–Crippen LogP) is 1.47. The number of hydrazone groups is 1. The molecule has 2 saturated heterocycles. The molecule has 3 N–H and O–H groups in total. The third-order valence-corrected chi connectivity index (χ3v) is 6.97. The number of hydrogen-bond acceptors (Lipinski definition) is 10. The fraction of sp³-hybridized carbons (Fsp3) is 0.423. The van der Waals surface area contributed by atoms with E-state index < -0.39 is 5.97 Å². The van der Waals surface area contributed by atoms with Crippen LogP contribution in [0.5, 0.6) is 0 Å². The number of benzene rings is 1. The number of carboxylic acids is 1. The molecule has 1 aromatic carbocycles. The van der Waals surface area contributed by atoms with E-state index in [1.165, 1.54) is 6.21 Å². The van der Waals surface area contributed by atoms with Gasteiger partial charge in [0.05, 0.1) is 23.9 Å². The number of carboxylic acid groups (broad SMARTS) is 1. The van der Waals surface area contributed by atoms with Crippen LogP contribution in [0.3, 0.4) is 0 Å². The maximum atomic E-state index is 12.1. The monoisotopic (exact) mass is 533 g/mol. The molecule has 0 saturated carbocycles. The molecule has 0 atom stereocenters. The van der Waals surface area contributed by atoms with Crippen molar-refractivity contribution in [3.05, 3.63) is 35.5 Å². The van der Waals surface area contributed by atoms with Crippen LogP contribution in [0.25, 0.3) is 0 Å². The fourth-order valence-corrected chi connectivity index (χ4v) is 4.65. The highest BCUT2D eigenvalue weighted by Gasteiger charge is 2.25. The largest absolute Gasteiger partial charge is 0.481 e. The molecular weight excluding hydrogens is 502 g/mol. The number of piperidine rings is 1. The Balaban J connectivity index is 1.50. The van der Waals surface area contributed by atoms with Gasteiger partial charge in [-0.3, -0.25) is 14.4 Å². The average molecular weight is 534 g/mol. The summed E-state index contributed by atoms with van der Waals surface area (Å²) in [6.07, 6.45) is 3.04. The van der Waals surface area contributed by atoms with Crippen molar-refractivity contribution in [2.45, 2.75) is 26.2 Å². The number of aliphatic carboxylic acids is 1. The topological polar surface area (TPSA) is 167 Å². The van der Waals surface area contributed by atoms with Crippen molar-refractivity contribution in [3.63, 3.8) is 0 Å². The normalized spacial score (nSPS) is 16.2. The molecule has 2 aliphatic rings. The summed E-state index contributed by atoms with van der Waals surface area (Å²) in [6, 6.07) is 9.78. The lowest BCUT2D eigenvalue weighted by molar-refractivity contribution is -0.142. The van der Waals surface area contributed by atoms with Crippen LogP contribution in [0.4, 0.5) is 23.1 Å². The summed E-state index contributed by atoms with van der Waals surface area (Å²) in [7, 11) is 0. The number of anilines is 4. The number of carbonyl (C=O) groups excluding carboxylic acids is 2. The van der Waals surface area contributed by atoms with E-state index in [0.717, 1.165) is 16.9 Å². The second-order valence-electron chi connectivity index (χ2n) is 9.36. The zero-order valence-corrected chi connectivity index (χ0v) is 21.7. The third kappa shape index (κ3) is 6.78. The molecule has 0 aliphatic carbocycles. The minimum Gasteiger partial charge on any atom is -0.481 e. The van der Waals surface area contributed by atoms with Gasteiger partial charge >= 0.3 is 5.97 Å². The van der Waals surface area contributed by atoms with Gasteiger partial charge in [0, 0.05) is 56.2 Å². The smallest absolute Gasteiger partial charge is 0.306 e. The number of piperazine rings is 1. The second kappa shape index (κ2) is 12.7. The molecule has 0 bridgehead atoms. The van der Waals surface area contributed by atoms with Crippen LogP contribution in [-0.4, -0.2) is 83.7 Å². The number of amides is 2. The Bertz CT molecular complexity index is 1260. The van der Waals surface area contributed by atoms with Crippen LogP contribution in [0.15, 0.2) is 29.4 Å². The zero-order chi connectivity index (χ0) is 27.8. The van der Waals surface area contributed by atoms with Crippen molar-refractivity contribution in [1.82, 2.24) is 20.3 Å². The highest BCUT2D eigenvalue weighted by molar-refractivity contribution is 5.83. The van der Waals surface area contributed by atoms with E-state index in [1.54, 1.807) is 4.90 Å². The van der Waals surface area contributed by atoms with Crippen molar-refractivity contribution in [2.24, 2.45) is 11.0 Å². The van der Waals surface area contributed by atoms with Crippen LogP contribution >= 0.6 is 0 Å². The van der Waals surface area contributed by atoms with Crippen molar-refractivity contribution in [3.8, 4) is 6.07 Å². The highest BCUT2D eigenvalue weighted by atomic mass is 16.4. The molecule has 204 valence electrons. The number of nitrogens with one attached hydrogen (secondary N) is 2. The second-order valence-corrected chi connectivity index (χ2v) is 9.36. The molecular formula is C26H31N9O4. The first kappa shape index (κ1) is 27.3. The molecule has 2 fully saturated rings. The molecule has 1 aromatic heterocycles. The standard InChI is InChI=1S/C26H31N9O4/c1-18-22(16-28-29-17-36)31-26(35-14-12-34(13-15-35)23(37)6-9-27)32-24(18)30-20-2-4-21(5-3-20)33-10-7-19(8-11-33)25(38)39/h2-5,16-17,19H,6-8,10-15H2,1H3,(H,29,36)(H,38,39)(H,30,31,32)/b28-16-. The molecule has 2 amide bonds. The molecule has 0 unspecified atom stereocenters. The lowest BCUT2D eigenvalue weighted by Gasteiger charge is -2.34. The maximum Gasteiger partial charge on any atom is 0.306 e. The lowest BCUT2D eigenvalue weighted by Crippen LogP contribution is -2.49. The van der Waals surface area contributed by atoms with Crippen LogP contribution in [0.2, 0.25) is 0 Å². The average Bonchev–Trinajstić information content (AvgIpc) is 2.95. The minimum absolute atomic E-state index is 0.140. The van der Waals surface area contributed by atoms with Gasteiger partial charge < -0.3 is 25.1 Å². The summed E-state index contributed by atoms with van der Waals surface area (Å²) in [5.74, 6) is -0.162. The summed E-state index contributed by atoms with van der Waals surface area (Å²) in [6.45, 7) is 5.19. The molecule has 3 heterocycles. The number of hydrogen-bond donors (Lipinski definition) is 3. The Labute approximate surface area is 226 Å². The quantitative estimate of drug-likeness (QED) is 0.244. The van der Waals surface area contributed by atoms with Crippen LogP contribution in [0, 0.1) is 24.2 Å². The first-order valence-corrected chi connectivity index (χ1v) is 12.7. The first-order chi connectivity index (χ1) is 18.9. The minimum atomic E-state index is -0.727. The van der Waals surface area contributed by atoms with Gasteiger partial charge in [-0.1, -0.05) is 0 Å². The molecule has 2 aromatic rings. The van der Waals surface area contributed by atoms with Gasteiger partial charge in [-0.15, -0.1) is 0 Å². The van der Waals surface area contributed by atoms with Crippen LogP contribution < -0.4 is 20.5 Å². The van der Waals surface area contributed by atoms with Crippen LogP contribution in [0.1, 0.15) is 30.5 Å². The number of aromatic nitrogens is 2. The Hall–Kier alpha value is -4.73. The fourth-order valence-electron chi connectivity index (χ4n) is 4.65. The summed E-state index contributed by atoms with van der Waals surface area (Å²) in [5, 5.41) is 25.3. The van der Waals surface area contributed by atoms with Gasteiger partial charge in [-0.25, -0.2) is 10.4 Å². The molecule has 39 heavy (non-hydrogen) atoms. The number of nitrogens with zero attached hydrogens (tertiary/aromatic N) is 7. The van der Waals surface area contributed by atoms with Gasteiger partial charge in [-0.05, 0) is 44.0 Å². The SMILES string of the molecule is Cc1c(/C=N\NC=O)nc(N2CCN(C(=O)CC#N)CC2)nc1Nc1ccc(N2CCC(C(=O)O)CC2)cc1. The molecule has 0 radical (unpaired) electrons. The Morgan fingerprint density at radius 1 is 1.10 bits per heavy atom. The third-order valence-electron chi connectivity index (χ3n) is 6.97. The predicted molar refractivity (Wildman–Crippen MR) is 145 cm³/mol. The van der Waals surface area contributed by atoms with E-state index in [1.807, 2.05) is 42.2 Å². The van der Waals surface area contributed by atoms with Gasteiger partial charge in [-0.2, -0.15) is 15.3 Å². The van der Waals surface area contributed by atoms with E-state index in [0.29, 0.717) is 76.0 Å². The molecule has 4 rings (SSSR count). The van der Waals surface area contributed by atoms with Gasteiger partial charge in [0.15, 0.2) is 0 Å². The van der Waals surface area contributed by atoms with Gasteiger partial charge in [0.2, 0.25) is 18.3 Å². The van der Waals surface area contributed by atoms with E-state index >= 15 is 0 Å². The van der Waals surface area contributed by atoms with E-state index in [9.17, 15) is 19.5 Å². The number of carbonyl (C=O) groups is 3. The van der Waals surface area contributed by atoms with E-state index in [4.69, 9.17) is 10.2 Å². The van der Waals surface area contributed by atoms with Crippen molar-refractivity contribution in [2.75, 3.05) is 54.4 Å². The van der Waals surface area contributed by atoms with E-state index in [-0.39, 0.29) is 18.2 Å². The number of rotatable bonds is 9. The zero-order valence-electron chi connectivity index (χ0n) is 21.7. The van der Waals surface area contributed by atoms with Crippen molar-refractivity contribution in [1.29, 1.82) is 5.26 Å². The Morgan fingerprint density at radius 3 is 2.41 bits per heavy atom. The van der Waals surface area contributed by atoms with Gasteiger partial charge in [0.1, 0.15) is 12.2 Å². The molecule has 13 nitrogen and oxygen atoms in total. The summed E-state index contributed by atoms with van der Waals surface area (Å²) in [4.78, 5) is 49.2. The summed E-state index contributed by atoms with van der Waals surface area (Å²) < 4.78 is 0. The van der Waals surface area contributed by atoms with Crippen molar-refractivity contribution >= 4 is 47.6 Å².